The van der Waals surface area contributed by atoms with Crippen LogP contribution in [-0.4, -0.2) is 16.1 Å². The Kier molecular flexibility index (Phi) is 5.23. The summed E-state index contributed by atoms with van der Waals surface area (Å²) in [5, 5.41) is 11.1. The van der Waals surface area contributed by atoms with E-state index < -0.39 is 0 Å². The van der Waals surface area contributed by atoms with Crippen molar-refractivity contribution in [2.75, 3.05) is 0 Å². The van der Waals surface area contributed by atoms with Crippen LogP contribution in [0.1, 0.15) is 20.8 Å². The lowest BCUT2D eigenvalue weighted by atomic mass is 10.1. The molecular formula is C21H16ClN3O2S. The number of carbonyl (C=O) groups is 1. The van der Waals surface area contributed by atoms with Gasteiger partial charge in [0, 0.05) is 21.6 Å². The van der Waals surface area contributed by atoms with Gasteiger partial charge in [-0.2, -0.15) is 0 Å². The fraction of sp³-hybridized carbons (Fsp3) is 0.0952. The minimum atomic E-state index is -0.151. The van der Waals surface area contributed by atoms with Gasteiger partial charge in [0.15, 0.2) is 0 Å². The van der Waals surface area contributed by atoms with Crippen LogP contribution in [0, 0.1) is 6.92 Å². The second kappa shape index (κ2) is 7.96. The van der Waals surface area contributed by atoms with E-state index in [9.17, 15) is 4.79 Å². The third kappa shape index (κ3) is 4.13. The normalized spacial score (nSPS) is 10.8. The smallest absolute Gasteiger partial charge is 0.251 e. The van der Waals surface area contributed by atoms with Crippen LogP contribution in [0.15, 0.2) is 65.1 Å². The summed E-state index contributed by atoms with van der Waals surface area (Å²) in [5.41, 5.74) is 3.32. The zero-order valence-electron chi connectivity index (χ0n) is 15.0. The first-order chi connectivity index (χ1) is 13.6. The summed E-state index contributed by atoms with van der Waals surface area (Å²) in [5.74, 6) is 0.730. The molecule has 2 aromatic carbocycles. The average Bonchev–Trinajstić information content (AvgIpc) is 3.35. The monoisotopic (exact) mass is 409 g/mol. The number of carbonyl (C=O) groups excluding carboxylic acids is 1. The van der Waals surface area contributed by atoms with Crippen LogP contribution < -0.4 is 5.32 Å². The van der Waals surface area contributed by atoms with Crippen molar-refractivity contribution in [3.8, 4) is 22.9 Å². The van der Waals surface area contributed by atoms with E-state index in [4.69, 9.17) is 16.0 Å². The number of nitrogens with zero attached hydrogens (tertiary/aromatic N) is 2. The molecule has 1 amide bonds. The number of hydrogen-bond donors (Lipinski definition) is 1. The number of benzene rings is 2. The minimum Gasteiger partial charge on any atom is -0.416 e. The molecule has 5 nitrogen and oxygen atoms in total. The average molecular weight is 410 g/mol. The predicted octanol–water partition coefficient (Wildman–Crippen LogP) is 5.36. The Bertz CT molecular complexity index is 1120. The first-order valence-electron chi connectivity index (χ1n) is 8.62. The summed E-state index contributed by atoms with van der Waals surface area (Å²) >= 11 is 7.35. The molecule has 0 aliphatic heterocycles. The molecule has 0 aliphatic carbocycles. The molecule has 4 aromatic rings. The second-order valence-electron chi connectivity index (χ2n) is 6.25. The molecule has 0 unspecified atom stereocenters. The standard InChI is InChI=1S/C21H16ClN3O2S/c1-13-3-2-4-16(11-13)21-25-24-20(27-21)15-7-5-14(6-8-15)19(26)23-12-17-9-10-18(22)28-17/h2-11H,12H2,1H3,(H,23,26). The van der Waals surface area contributed by atoms with Crippen molar-refractivity contribution in [1.29, 1.82) is 0 Å². The number of hydrogen-bond acceptors (Lipinski definition) is 5. The van der Waals surface area contributed by atoms with Gasteiger partial charge in [0.05, 0.1) is 10.9 Å². The van der Waals surface area contributed by atoms with Gasteiger partial charge in [0.25, 0.3) is 5.91 Å². The number of aryl methyl sites for hydroxylation is 1. The van der Waals surface area contributed by atoms with E-state index in [0.29, 0.717) is 28.2 Å². The molecule has 0 bridgehead atoms. The number of thiophene rings is 1. The summed E-state index contributed by atoms with van der Waals surface area (Å²) in [6, 6.07) is 18.7. The van der Waals surface area contributed by atoms with Gasteiger partial charge >= 0.3 is 0 Å². The highest BCUT2D eigenvalue weighted by molar-refractivity contribution is 7.16. The highest BCUT2D eigenvalue weighted by Gasteiger charge is 2.12. The molecule has 1 N–H and O–H groups in total. The molecule has 2 heterocycles. The summed E-state index contributed by atoms with van der Waals surface area (Å²) in [6.45, 7) is 2.46. The van der Waals surface area contributed by atoms with Gasteiger partial charge in [-0.05, 0) is 55.5 Å². The van der Waals surface area contributed by atoms with Crippen LogP contribution in [0.3, 0.4) is 0 Å². The van der Waals surface area contributed by atoms with Crippen LogP contribution in [0.2, 0.25) is 4.34 Å². The number of amides is 1. The zero-order chi connectivity index (χ0) is 19.5. The van der Waals surface area contributed by atoms with Crippen LogP contribution in [0.5, 0.6) is 0 Å². The van der Waals surface area contributed by atoms with Gasteiger partial charge in [-0.3, -0.25) is 4.79 Å². The Balaban J connectivity index is 1.45. The Labute approximate surface area is 171 Å². The van der Waals surface area contributed by atoms with Gasteiger partial charge < -0.3 is 9.73 Å². The van der Waals surface area contributed by atoms with Gasteiger partial charge in [-0.15, -0.1) is 21.5 Å². The van der Waals surface area contributed by atoms with Gasteiger partial charge in [-0.25, -0.2) is 0 Å². The lowest BCUT2D eigenvalue weighted by Gasteiger charge is -2.04. The molecule has 0 spiro atoms. The fourth-order valence-electron chi connectivity index (χ4n) is 2.72. The SMILES string of the molecule is Cc1cccc(-c2nnc(-c3ccc(C(=O)NCc4ccc(Cl)s4)cc3)o2)c1. The van der Waals surface area contributed by atoms with Crippen LogP contribution >= 0.6 is 22.9 Å². The highest BCUT2D eigenvalue weighted by Crippen LogP contribution is 2.25. The number of halogens is 1. The molecule has 0 saturated carbocycles. The van der Waals surface area contributed by atoms with Crippen LogP contribution in [0.4, 0.5) is 0 Å². The molecule has 0 radical (unpaired) electrons. The molecule has 0 atom stereocenters. The molecular weight excluding hydrogens is 394 g/mol. The Morgan fingerprint density at radius 2 is 1.79 bits per heavy atom. The van der Waals surface area contributed by atoms with E-state index in [1.807, 2.05) is 43.3 Å². The molecule has 0 aliphatic rings. The molecule has 7 heteroatoms. The zero-order valence-corrected chi connectivity index (χ0v) is 16.6. The summed E-state index contributed by atoms with van der Waals surface area (Å²) in [7, 11) is 0. The maximum Gasteiger partial charge on any atom is 0.251 e. The van der Waals surface area contributed by atoms with E-state index in [2.05, 4.69) is 15.5 Å². The van der Waals surface area contributed by atoms with Crippen molar-refractivity contribution in [3.05, 3.63) is 81.0 Å². The van der Waals surface area contributed by atoms with E-state index in [1.165, 1.54) is 11.3 Å². The number of rotatable bonds is 5. The van der Waals surface area contributed by atoms with Crippen molar-refractivity contribution < 1.29 is 9.21 Å². The van der Waals surface area contributed by atoms with Crippen LogP contribution in [0.25, 0.3) is 22.9 Å². The first-order valence-corrected chi connectivity index (χ1v) is 9.81. The molecule has 140 valence electrons. The topological polar surface area (TPSA) is 68.0 Å². The van der Waals surface area contributed by atoms with E-state index in [0.717, 1.165) is 21.6 Å². The van der Waals surface area contributed by atoms with Crippen molar-refractivity contribution in [3.63, 3.8) is 0 Å². The summed E-state index contributed by atoms with van der Waals surface area (Å²) in [4.78, 5) is 13.3. The molecule has 0 saturated heterocycles. The largest absolute Gasteiger partial charge is 0.416 e. The van der Waals surface area contributed by atoms with E-state index >= 15 is 0 Å². The third-order valence-corrected chi connectivity index (χ3v) is 5.37. The molecule has 0 fully saturated rings. The number of nitrogens with one attached hydrogen (secondary N) is 1. The first kappa shape index (κ1) is 18.4. The lowest BCUT2D eigenvalue weighted by Crippen LogP contribution is -2.22. The fourth-order valence-corrected chi connectivity index (χ4v) is 3.74. The highest BCUT2D eigenvalue weighted by atomic mass is 35.5. The van der Waals surface area contributed by atoms with Gasteiger partial charge in [0.1, 0.15) is 0 Å². The Morgan fingerprint density at radius 3 is 2.46 bits per heavy atom. The second-order valence-corrected chi connectivity index (χ2v) is 8.05. The summed E-state index contributed by atoms with van der Waals surface area (Å²) < 4.78 is 6.49. The van der Waals surface area contributed by atoms with Crippen molar-refractivity contribution in [2.24, 2.45) is 0 Å². The quantitative estimate of drug-likeness (QED) is 0.482. The third-order valence-electron chi connectivity index (χ3n) is 4.14. The van der Waals surface area contributed by atoms with E-state index in [1.54, 1.807) is 24.3 Å². The van der Waals surface area contributed by atoms with Crippen LogP contribution in [-0.2, 0) is 6.54 Å². The molecule has 2 aromatic heterocycles. The Morgan fingerprint density at radius 1 is 1.04 bits per heavy atom. The minimum absolute atomic E-state index is 0.151. The molecule has 28 heavy (non-hydrogen) atoms. The predicted molar refractivity (Wildman–Crippen MR) is 110 cm³/mol. The molecule has 4 rings (SSSR count). The van der Waals surface area contributed by atoms with E-state index in [-0.39, 0.29) is 5.91 Å². The maximum absolute atomic E-state index is 12.3. The number of aromatic nitrogens is 2. The van der Waals surface area contributed by atoms with Crippen molar-refractivity contribution in [1.82, 2.24) is 15.5 Å². The Hall–Kier alpha value is -2.96. The summed E-state index contributed by atoms with van der Waals surface area (Å²) in [6.07, 6.45) is 0. The van der Waals surface area contributed by atoms with Gasteiger partial charge in [0.2, 0.25) is 11.8 Å². The van der Waals surface area contributed by atoms with Crippen molar-refractivity contribution >= 4 is 28.8 Å². The van der Waals surface area contributed by atoms with Gasteiger partial charge in [-0.1, -0.05) is 29.3 Å². The maximum atomic E-state index is 12.3. The lowest BCUT2D eigenvalue weighted by molar-refractivity contribution is 0.0951. The van der Waals surface area contributed by atoms with Crippen molar-refractivity contribution in [2.45, 2.75) is 13.5 Å².